The number of likely N-dealkylation sites (tertiary alicyclic amines) is 1. The van der Waals surface area contributed by atoms with Crippen LogP contribution in [0.4, 0.5) is 0 Å². The van der Waals surface area contributed by atoms with Crippen molar-refractivity contribution in [2.75, 3.05) is 20.3 Å². The van der Waals surface area contributed by atoms with Crippen molar-refractivity contribution in [3.05, 3.63) is 35.9 Å². The monoisotopic (exact) mass is 357 g/mol. The fraction of sp³-hybridized carbons (Fsp3) is 0.524. The first-order chi connectivity index (χ1) is 12.7. The van der Waals surface area contributed by atoms with Gasteiger partial charge in [0.2, 0.25) is 0 Å². The third-order valence-electron chi connectivity index (χ3n) is 5.43. The minimum absolute atomic E-state index is 0.0622. The Hall–Kier alpha value is -2.30. The molecular weight excluding hydrogens is 330 g/mol. The number of nitrogens with zero attached hydrogens (tertiary/aromatic N) is 1. The van der Waals surface area contributed by atoms with Crippen LogP contribution in [0.15, 0.2) is 30.3 Å². The average molecular weight is 357 g/mol. The fourth-order valence-corrected chi connectivity index (χ4v) is 4.08. The molecule has 1 aromatic carbocycles. The highest BCUT2D eigenvalue weighted by Crippen LogP contribution is 2.35. The number of hydrogen-bond donors (Lipinski definition) is 0. The van der Waals surface area contributed by atoms with Gasteiger partial charge in [0.15, 0.2) is 6.61 Å². The van der Waals surface area contributed by atoms with Gasteiger partial charge in [-0.2, -0.15) is 0 Å². The summed E-state index contributed by atoms with van der Waals surface area (Å²) in [5.41, 5.74) is 0.871. The van der Waals surface area contributed by atoms with Crippen LogP contribution in [0.3, 0.4) is 0 Å². The minimum Gasteiger partial charge on any atom is -0.497 e. The van der Waals surface area contributed by atoms with E-state index in [2.05, 4.69) is 0 Å². The molecule has 0 unspecified atom stereocenters. The third kappa shape index (κ3) is 4.65. The summed E-state index contributed by atoms with van der Waals surface area (Å²) in [7, 11) is 1.61. The molecule has 1 amide bonds. The number of amides is 1. The van der Waals surface area contributed by atoms with Crippen molar-refractivity contribution >= 4 is 18.0 Å². The van der Waals surface area contributed by atoms with E-state index >= 15 is 0 Å². The summed E-state index contributed by atoms with van der Waals surface area (Å²) in [6, 6.07) is 7.70. The van der Waals surface area contributed by atoms with E-state index in [1.54, 1.807) is 13.2 Å². The van der Waals surface area contributed by atoms with Gasteiger partial charge in [0.05, 0.1) is 7.11 Å². The molecule has 2 fully saturated rings. The fourth-order valence-electron chi connectivity index (χ4n) is 4.08. The summed E-state index contributed by atoms with van der Waals surface area (Å²) < 4.78 is 10.3. The molecule has 1 aliphatic heterocycles. The van der Waals surface area contributed by atoms with E-state index < -0.39 is 5.97 Å². The Morgan fingerprint density at radius 3 is 2.62 bits per heavy atom. The molecule has 2 atom stereocenters. The summed E-state index contributed by atoms with van der Waals surface area (Å²) in [6.07, 6.45) is 10.1. The van der Waals surface area contributed by atoms with E-state index in [0.29, 0.717) is 12.0 Å². The first-order valence-electron chi connectivity index (χ1n) is 9.46. The number of carbonyl (C=O) groups excluding carboxylic acids is 2. The number of benzene rings is 1. The number of fused-ring (bicyclic) bond motifs is 1. The number of methoxy groups -OCH3 is 1. The van der Waals surface area contributed by atoms with Gasteiger partial charge in [-0.1, -0.05) is 25.0 Å². The van der Waals surface area contributed by atoms with Crippen LogP contribution >= 0.6 is 0 Å². The molecule has 1 aliphatic carbocycles. The van der Waals surface area contributed by atoms with Crippen molar-refractivity contribution < 1.29 is 19.1 Å². The standard InChI is InChI=1S/C21H27NO4/c1-25-18-11-8-16(9-12-18)10-13-21(24)26-15-20(23)22-14-4-6-17-5-2-3-7-19(17)22/h8-13,17,19H,2-7,14-15H2,1H3/b13-10+/t17-,19-/m0/s1. The molecule has 0 aromatic heterocycles. The van der Waals surface area contributed by atoms with Gasteiger partial charge in [-0.25, -0.2) is 4.79 Å². The van der Waals surface area contributed by atoms with Gasteiger partial charge in [0, 0.05) is 18.7 Å². The van der Waals surface area contributed by atoms with Gasteiger partial charge in [-0.3, -0.25) is 4.79 Å². The summed E-state index contributed by atoms with van der Waals surface area (Å²) in [5.74, 6) is 0.837. The van der Waals surface area contributed by atoms with Crippen LogP contribution in [0, 0.1) is 5.92 Å². The lowest BCUT2D eigenvalue weighted by Crippen LogP contribution is -2.50. The lowest BCUT2D eigenvalue weighted by molar-refractivity contribution is -0.151. The van der Waals surface area contributed by atoms with Crippen molar-refractivity contribution in [1.82, 2.24) is 4.90 Å². The quantitative estimate of drug-likeness (QED) is 0.598. The largest absolute Gasteiger partial charge is 0.497 e. The van der Waals surface area contributed by atoms with Crippen molar-refractivity contribution in [1.29, 1.82) is 0 Å². The zero-order chi connectivity index (χ0) is 18.4. The molecule has 0 bridgehead atoms. The van der Waals surface area contributed by atoms with Crippen molar-refractivity contribution in [3.63, 3.8) is 0 Å². The molecule has 1 heterocycles. The van der Waals surface area contributed by atoms with Crippen molar-refractivity contribution in [3.8, 4) is 5.75 Å². The SMILES string of the molecule is COc1ccc(/C=C/C(=O)OCC(=O)N2CCC[C@@H]3CCCC[C@@H]32)cc1. The number of rotatable bonds is 5. The summed E-state index contributed by atoms with van der Waals surface area (Å²) in [6.45, 7) is 0.619. The Labute approximate surface area is 155 Å². The second kappa shape index (κ2) is 8.88. The lowest BCUT2D eigenvalue weighted by Gasteiger charge is -2.44. The van der Waals surface area contributed by atoms with E-state index in [1.807, 2.05) is 29.2 Å². The maximum atomic E-state index is 12.5. The highest BCUT2D eigenvalue weighted by atomic mass is 16.5. The Kier molecular flexibility index (Phi) is 6.31. The second-order valence-corrected chi connectivity index (χ2v) is 7.06. The molecule has 5 heteroatoms. The van der Waals surface area contributed by atoms with Gasteiger partial charge in [-0.05, 0) is 55.4 Å². The molecule has 140 valence electrons. The number of piperidine rings is 1. The molecule has 1 aromatic rings. The van der Waals surface area contributed by atoms with Crippen molar-refractivity contribution in [2.24, 2.45) is 5.92 Å². The normalized spacial score (nSPS) is 22.7. The van der Waals surface area contributed by atoms with E-state index in [-0.39, 0.29) is 12.5 Å². The smallest absolute Gasteiger partial charge is 0.331 e. The van der Waals surface area contributed by atoms with Crippen LogP contribution in [0.1, 0.15) is 44.1 Å². The highest BCUT2D eigenvalue weighted by Gasteiger charge is 2.35. The van der Waals surface area contributed by atoms with Gasteiger partial charge in [0.25, 0.3) is 5.91 Å². The molecule has 1 saturated carbocycles. The van der Waals surface area contributed by atoms with Crippen LogP contribution in [-0.2, 0) is 14.3 Å². The Bertz CT molecular complexity index is 650. The number of esters is 1. The van der Waals surface area contributed by atoms with Crippen LogP contribution < -0.4 is 4.74 Å². The topological polar surface area (TPSA) is 55.8 Å². The van der Waals surface area contributed by atoms with E-state index in [4.69, 9.17) is 9.47 Å². The Balaban J connectivity index is 1.48. The van der Waals surface area contributed by atoms with E-state index in [0.717, 1.165) is 30.7 Å². The zero-order valence-corrected chi connectivity index (χ0v) is 15.4. The maximum absolute atomic E-state index is 12.5. The molecular formula is C21H27NO4. The van der Waals surface area contributed by atoms with Crippen LogP contribution in [0.25, 0.3) is 6.08 Å². The van der Waals surface area contributed by atoms with Gasteiger partial charge < -0.3 is 14.4 Å². The molecule has 1 saturated heterocycles. The second-order valence-electron chi connectivity index (χ2n) is 7.06. The zero-order valence-electron chi connectivity index (χ0n) is 15.4. The first kappa shape index (κ1) is 18.5. The Morgan fingerprint density at radius 1 is 1.12 bits per heavy atom. The van der Waals surface area contributed by atoms with Crippen LogP contribution in [0.5, 0.6) is 5.75 Å². The predicted octanol–water partition coefficient (Wildman–Crippen LogP) is 3.43. The maximum Gasteiger partial charge on any atom is 0.331 e. The molecule has 3 rings (SSSR count). The van der Waals surface area contributed by atoms with Crippen LogP contribution in [-0.4, -0.2) is 43.1 Å². The highest BCUT2D eigenvalue weighted by molar-refractivity contribution is 5.89. The predicted molar refractivity (Wildman–Crippen MR) is 99.7 cm³/mol. The molecule has 0 N–H and O–H groups in total. The molecule has 0 radical (unpaired) electrons. The van der Waals surface area contributed by atoms with Crippen LogP contribution in [0.2, 0.25) is 0 Å². The first-order valence-corrected chi connectivity index (χ1v) is 9.46. The third-order valence-corrected chi connectivity index (χ3v) is 5.43. The van der Waals surface area contributed by atoms with Gasteiger partial charge in [0.1, 0.15) is 5.75 Å². The average Bonchev–Trinajstić information content (AvgIpc) is 2.70. The number of ether oxygens (including phenoxy) is 2. The lowest BCUT2D eigenvalue weighted by atomic mass is 9.78. The summed E-state index contributed by atoms with van der Waals surface area (Å²) in [5, 5.41) is 0. The molecule has 0 spiro atoms. The summed E-state index contributed by atoms with van der Waals surface area (Å²) >= 11 is 0. The van der Waals surface area contributed by atoms with Crippen molar-refractivity contribution in [2.45, 2.75) is 44.6 Å². The molecule has 2 aliphatic rings. The Morgan fingerprint density at radius 2 is 1.85 bits per heavy atom. The van der Waals surface area contributed by atoms with Gasteiger partial charge >= 0.3 is 5.97 Å². The summed E-state index contributed by atoms with van der Waals surface area (Å²) in [4.78, 5) is 26.4. The number of carbonyl (C=O) groups is 2. The van der Waals surface area contributed by atoms with E-state index in [9.17, 15) is 9.59 Å². The number of hydrogen-bond acceptors (Lipinski definition) is 4. The van der Waals surface area contributed by atoms with E-state index in [1.165, 1.54) is 31.8 Å². The minimum atomic E-state index is -0.494. The van der Waals surface area contributed by atoms with Gasteiger partial charge in [-0.15, -0.1) is 0 Å². The molecule has 5 nitrogen and oxygen atoms in total. The molecule has 26 heavy (non-hydrogen) atoms.